The number of primary amides is 1. The molecule has 6 saturated heterocycles. The van der Waals surface area contributed by atoms with E-state index in [0.29, 0.717) is 105 Å². The maximum atomic E-state index is 14.6. The number of nitrogens with zero attached hydrogens (tertiary/aromatic N) is 15. The minimum Gasteiger partial charge on any atom is -0.394 e. The number of para-hydroxylation sites is 4. The zero-order valence-electron chi connectivity index (χ0n) is 71.4. The van der Waals surface area contributed by atoms with Gasteiger partial charge in [0.25, 0.3) is 17.7 Å². The summed E-state index contributed by atoms with van der Waals surface area (Å²) in [5, 5.41) is 50.5. The van der Waals surface area contributed by atoms with Gasteiger partial charge in [-0.1, -0.05) is 72.8 Å². The molecule has 26 heteroatoms. The first-order chi connectivity index (χ1) is 58.4. The van der Waals surface area contributed by atoms with Crippen LogP contribution in [0.2, 0.25) is 0 Å². The van der Waals surface area contributed by atoms with Crippen LogP contribution in [-0.2, 0) is 4.79 Å². The molecule has 6 aliphatic rings. The highest BCUT2D eigenvalue weighted by molar-refractivity contribution is 6.01. The highest BCUT2D eigenvalue weighted by atomic mass is 19.1. The number of pyridine rings is 2. The van der Waals surface area contributed by atoms with E-state index in [1.54, 1.807) is 29.4 Å². The molecule has 121 heavy (non-hydrogen) atoms. The Balaban J connectivity index is 0.000000157. The molecule has 6 aromatic carbocycles. The maximum absolute atomic E-state index is 14.6. The van der Waals surface area contributed by atoms with E-state index in [2.05, 4.69) is 82.8 Å². The number of aliphatic hydroxyl groups is 2. The molecule has 6 aliphatic heterocycles. The molecule has 3 atom stereocenters. The van der Waals surface area contributed by atoms with E-state index in [1.165, 1.54) is 6.07 Å². The Kier molecular flexibility index (Phi) is 28.0. The van der Waals surface area contributed by atoms with E-state index in [9.17, 15) is 44.3 Å². The first-order valence-electron chi connectivity index (χ1n) is 42.4. The van der Waals surface area contributed by atoms with Crippen LogP contribution in [0.15, 0.2) is 152 Å². The molecule has 15 rings (SSSR count). The molecule has 0 spiro atoms. The molecule has 3 aromatic heterocycles. The summed E-state index contributed by atoms with van der Waals surface area (Å²) in [6.07, 6.45) is 10.5. The van der Waals surface area contributed by atoms with Gasteiger partial charge in [0.15, 0.2) is 0 Å². The number of carbonyl (C=O) groups is 4. The van der Waals surface area contributed by atoms with Crippen molar-refractivity contribution in [2.45, 2.75) is 144 Å². The largest absolute Gasteiger partial charge is 0.394 e. The van der Waals surface area contributed by atoms with Crippen LogP contribution in [0.25, 0.3) is 0 Å². The molecule has 0 saturated carbocycles. The Morgan fingerprint density at radius 1 is 0.463 bits per heavy atom. The quantitative estimate of drug-likeness (QED) is 0.0465. The van der Waals surface area contributed by atoms with E-state index < -0.39 is 11.9 Å². The Morgan fingerprint density at radius 2 is 0.901 bits per heavy atom. The normalized spacial score (nSPS) is 18.0. The van der Waals surface area contributed by atoms with E-state index in [0.717, 1.165) is 166 Å². The number of carbonyl (C=O) groups excluding carboxylic acids is 4. The minimum absolute atomic E-state index is 0.0211. The number of nitrogens with two attached hydrogens (primary N) is 1. The van der Waals surface area contributed by atoms with Gasteiger partial charge in [0.05, 0.1) is 106 Å². The number of piperazine rings is 3. The van der Waals surface area contributed by atoms with Gasteiger partial charge >= 0.3 is 0 Å². The highest BCUT2D eigenvalue weighted by Gasteiger charge is 2.39. The van der Waals surface area contributed by atoms with Gasteiger partial charge in [0.2, 0.25) is 5.91 Å². The lowest BCUT2D eigenvalue weighted by atomic mass is 9.94. The van der Waals surface area contributed by atoms with Crippen LogP contribution in [-0.4, -0.2) is 216 Å². The average molecular weight is 1640 g/mol. The van der Waals surface area contributed by atoms with Crippen LogP contribution in [0, 0.1) is 97.7 Å². The monoisotopic (exact) mass is 1640 g/mol. The number of rotatable bonds is 18. The first-order valence-corrected chi connectivity index (χ1v) is 42.4. The third kappa shape index (κ3) is 19.6. The molecule has 4 amide bonds. The van der Waals surface area contributed by atoms with Crippen LogP contribution in [0.1, 0.15) is 137 Å². The summed E-state index contributed by atoms with van der Waals surface area (Å²) in [5.74, 6) is -0.0392. The molecule has 6 fully saturated rings. The van der Waals surface area contributed by atoms with Crippen molar-refractivity contribution in [3.8, 4) is 12.1 Å². The zero-order valence-corrected chi connectivity index (χ0v) is 71.4. The number of benzene rings is 6. The van der Waals surface area contributed by atoms with Crippen molar-refractivity contribution < 1.29 is 33.8 Å². The summed E-state index contributed by atoms with van der Waals surface area (Å²) in [6.45, 7) is 29.1. The van der Waals surface area contributed by atoms with Crippen molar-refractivity contribution in [3.05, 3.63) is 242 Å². The standard InChI is InChI=1S/C33H40N6O2.C32H37FN6O2.C30H37N7O2/c1-22-10-11-30(26(18-22)19-34)37-14-12-27(13-15-37)36-32-23(2)31(24(3)35-25(32)4)33(41)38-16-17-39(29(20-38)21-40)28-8-6-5-7-9-28;1-21-29(32(41)38-16-17-39(27(19-38)20-40)26-9-5-4-6-10-26)22(2)35-23(3)30(21)36-25-12-14-37(15-13-25)31-24(18-34)8-7-11-28(31)33;1-20-17-21(2)28(34-23-9-13-35(14-10-23)26-18-32-11-12-33-26)22(3)27(20)30(39)36-15-16-37(25(19-36)29(31)38)24-7-5-4-6-8-24/h5-11,18,27,29,36,40H,12-17,20-21H2,1-4H3;4-11,25,27,36,40H,12-17,19-20H2,1-3H3;4-8,11-12,17-18,23,25,34H,9-10,13-16,19H2,1-3H3,(H2,31,38)/t29-;27-;25-/m001/s1. The van der Waals surface area contributed by atoms with Crippen LogP contribution in [0.5, 0.6) is 0 Å². The summed E-state index contributed by atoms with van der Waals surface area (Å²) >= 11 is 0. The molecule has 0 aliphatic carbocycles. The molecular formula is C95H114FN19O6. The number of halogens is 1. The summed E-state index contributed by atoms with van der Waals surface area (Å²) in [5.41, 5.74) is 25.2. The Morgan fingerprint density at radius 3 is 1.36 bits per heavy atom. The lowest BCUT2D eigenvalue weighted by Crippen LogP contribution is -2.59. The first kappa shape index (κ1) is 86.5. The Labute approximate surface area is 710 Å². The fourth-order valence-corrected chi connectivity index (χ4v) is 18.6. The molecule has 9 aromatic rings. The third-order valence-electron chi connectivity index (χ3n) is 24.9. The van der Waals surface area contributed by atoms with Gasteiger partial charge in [-0.15, -0.1) is 0 Å². The molecule has 7 N–H and O–H groups in total. The molecule has 632 valence electrons. The second-order valence-electron chi connectivity index (χ2n) is 32.8. The molecule has 9 heterocycles. The van der Waals surface area contributed by atoms with Gasteiger partial charge in [-0.25, -0.2) is 9.37 Å². The molecule has 0 radical (unpaired) electrons. The van der Waals surface area contributed by atoms with E-state index in [1.807, 2.05) is 185 Å². The van der Waals surface area contributed by atoms with E-state index in [4.69, 9.17) is 15.7 Å². The smallest absolute Gasteiger partial charge is 0.256 e. The lowest BCUT2D eigenvalue weighted by molar-refractivity contribution is -0.120. The number of hydrogen-bond acceptors (Lipinski definition) is 21. The number of anilines is 9. The molecule has 25 nitrogen and oxygen atoms in total. The average Bonchev–Trinajstić information content (AvgIpc) is 0.833. The lowest BCUT2D eigenvalue weighted by Gasteiger charge is -2.42. The van der Waals surface area contributed by atoms with E-state index >= 15 is 0 Å². The van der Waals surface area contributed by atoms with Crippen molar-refractivity contribution in [3.63, 3.8) is 0 Å². The van der Waals surface area contributed by atoms with Crippen molar-refractivity contribution in [1.82, 2.24) is 34.6 Å². The van der Waals surface area contributed by atoms with Gasteiger partial charge in [-0.3, -0.25) is 34.1 Å². The summed E-state index contributed by atoms with van der Waals surface area (Å²) in [4.78, 5) is 90.6. The van der Waals surface area contributed by atoms with Crippen molar-refractivity contribution in [2.75, 3.05) is 157 Å². The van der Waals surface area contributed by atoms with Gasteiger partial charge in [0.1, 0.15) is 29.8 Å². The number of aryl methyl sites for hydroxylation is 7. The summed E-state index contributed by atoms with van der Waals surface area (Å²) in [6, 6.07) is 46.8. The fraction of sp³-hybridized carbons (Fsp3) is 0.411. The number of nitrogens with one attached hydrogen (secondary N) is 3. The fourth-order valence-electron chi connectivity index (χ4n) is 18.6. The van der Waals surface area contributed by atoms with Crippen LogP contribution in [0.4, 0.5) is 55.7 Å². The third-order valence-corrected chi connectivity index (χ3v) is 24.9. The summed E-state index contributed by atoms with van der Waals surface area (Å²) < 4.78 is 14.6. The maximum Gasteiger partial charge on any atom is 0.256 e. The second-order valence-corrected chi connectivity index (χ2v) is 32.8. The number of aliphatic hydroxyl groups excluding tert-OH is 2. The van der Waals surface area contributed by atoms with Crippen LogP contribution in [0.3, 0.4) is 0 Å². The number of nitriles is 2. The Bertz CT molecular complexity index is 5230. The predicted octanol–water partition coefficient (Wildman–Crippen LogP) is 12.3. The van der Waals surface area contributed by atoms with Crippen LogP contribution < -0.4 is 51.1 Å². The van der Waals surface area contributed by atoms with Gasteiger partial charge in [0, 0.05) is 150 Å². The zero-order chi connectivity index (χ0) is 85.7. The predicted molar refractivity (Wildman–Crippen MR) is 477 cm³/mol. The number of hydrogen-bond donors (Lipinski definition) is 6. The molecule has 0 unspecified atom stereocenters. The van der Waals surface area contributed by atoms with Crippen molar-refractivity contribution >= 4 is 74.9 Å². The highest BCUT2D eigenvalue weighted by Crippen LogP contribution is 2.37. The topological polar surface area (TPSA) is 299 Å². The molecular weight excluding hydrogens is 1520 g/mol. The van der Waals surface area contributed by atoms with Crippen molar-refractivity contribution in [2.24, 2.45) is 5.73 Å². The van der Waals surface area contributed by atoms with Gasteiger partial charge in [-0.05, 0) is 202 Å². The van der Waals surface area contributed by atoms with Gasteiger partial charge in [-0.2, -0.15) is 10.5 Å². The number of aromatic nitrogens is 4. The SMILES string of the molecule is Cc1cc(C)c(C(=O)N2CCN(c3ccccc3)[C@@H](C(N)=O)C2)c(C)c1NC1CCN(c2cnccn2)CC1.Cc1ccc(N2CCC(Nc3c(C)nc(C)c(C(=O)N4CCN(c5ccccc5)[C@H](CO)C4)c3C)CC2)c(C#N)c1.Cc1nc(C)c(C(=O)N2CCN(c3ccccc3)[C@H](CO)C2)c(C)c1NC1CCN(c2c(F)cccc2C#N)CC1. The number of piperidine rings is 3. The minimum atomic E-state index is -0.576. The number of amides is 4. The van der Waals surface area contributed by atoms with Crippen molar-refractivity contribution in [1.29, 1.82) is 10.5 Å². The van der Waals surface area contributed by atoms with Gasteiger partial charge < -0.3 is 76.0 Å². The Hall–Kier alpha value is -12.4. The summed E-state index contributed by atoms with van der Waals surface area (Å²) in [7, 11) is 0. The molecule has 0 bridgehead atoms. The second kappa shape index (κ2) is 39.2. The van der Waals surface area contributed by atoms with E-state index in [-0.39, 0.29) is 67.5 Å². The van der Waals surface area contributed by atoms with Crippen LogP contribution >= 0.6 is 0 Å².